The van der Waals surface area contributed by atoms with E-state index in [1.54, 1.807) is 25.7 Å². The zero-order valence-electron chi connectivity index (χ0n) is 14.8. The lowest BCUT2D eigenvalue weighted by Gasteiger charge is -2.44. The van der Waals surface area contributed by atoms with Crippen LogP contribution >= 0.6 is 0 Å². The Kier molecular flexibility index (Phi) is 4.36. The van der Waals surface area contributed by atoms with Crippen LogP contribution in [0.15, 0.2) is 12.3 Å². The molecule has 142 valence electrons. The molecule has 1 aromatic rings. The Bertz CT molecular complexity index is 743. The van der Waals surface area contributed by atoms with Crippen molar-refractivity contribution in [3.8, 4) is 0 Å². The standard InChI is InChI=1S/C17H20F3N3O3/c1-16(2,3)26-15(25)22-4-5-23-11(9-22)7-13(24)12-6-10(17(18,19)20)8-21-14(12)23/h6,8,11H,4-5,7,9H2,1-3H3. The van der Waals surface area contributed by atoms with Crippen molar-refractivity contribution in [2.75, 3.05) is 24.5 Å². The van der Waals surface area contributed by atoms with Gasteiger partial charge in [0.25, 0.3) is 0 Å². The van der Waals surface area contributed by atoms with E-state index in [1.165, 1.54) is 4.90 Å². The molecule has 0 bridgehead atoms. The number of nitrogens with zero attached hydrogens (tertiary/aromatic N) is 3. The van der Waals surface area contributed by atoms with Crippen LogP contribution in [-0.4, -0.2) is 53.0 Å². The summed E-state index contributed by atoms with van der Waals surface area (Å²) in [7, 11) is 0. The molecule has 0 aromatic carbocycles. The van der Waals surface area contributed by atoms with Crippen molar-refractivity contribution in [2.24, 2.45) is 0 Å². The van der Waals surface area contributed by atoms with Crippen LogP contribution in [0.3, 0.4) is 0 Å². The Morgan fingerprint density at radius 1 is 1.27 bits per heavy atom. The Balaban J connectivity index is 1.81. The van der Waals surface area contributed by atoms with Gasteiger partial charge in [-0.2, -0.15) is 13.2 Å². The number of aromatic nitrogens is 1. The molecular formula is C17H20F3N3O3. The number of piperazine rings is 1. The molecule has 9 heteroatoms. The zero-order valence-corrected chi connectivity index (χ0v) is 14.8. The van der Waals surface area contributed by atoms with Gasteiger partial charge in [-0.1, -0.05) is 0 Å². The molecule has 0 saturated carbocycles. The monoisotopic (exact) mass is 371 g/mol. The summed E-state index contributed by atoms with van der Waals surface area (Å²) < 4.78 is 44.0. The minimum Gasteiger partial charge on any atom is -0.444 e. The molecule has 0 N–H and O–H groups in total. The number of amides is 1. The summed E-state index contributed by atoms with van der Waals surface area (Å²) in [5.41, 5.74) is -1.57. The Hall–Kier alpha value is -2.32. The molecule has 0 radical (unpaired) electrons. The number of carbonyl (C=O) groups is 2. The first kappa shape index (κ1) is 18.5. The molecule has 6 nitrogen and oxygen atoms in total. The predicted octanol–water partition coefficient (Wildman–Crippen LogP) is 3.11. The van der Waals surface area contributed by atoms with Crippen LogP contribution in [0.25, 0.3) is 0 Å². The highest BCUT2D eigenvalue weighted by Gasteiger charge is 2.40. The minimum atomic E-state index is -4.55. The number of hydrogen-bond donors (Lipinski definition) is 0. The summed E-state index contributed by atoms with van der Waals surface area (Å²) in [5, 5.41) is 0. The van der Waals surface area contributed by atoms with Crippen LogP contribution in [0.5, 0.6) is 0 Å². The van der Waals surface area contributed by atoms with Crippen LogP contribution < -0.4 is 4.90 Å². The van der Waals surface area contributed by atoms with Crippen LogP contribution in [0.4, 0.5) is 23.8 Å². The van der Waals surface area contributed by atoms with Crippen molar-refractivity contribution in [1.29, 1.82) is 0 Å². The molecule has 1 amide bonds. The summed E-state index contributed by atoms with van der Waals surface area (Å²) in [5.74, 6) is -0.144. The molecule has 1 fully saturated rings. The fourth-order valence-corrected chi connectivity index (χ4v) is 3.17. The summed E-state index contributed by atoms with van der Waals surface area (Å²) in [4.78, 5) is 31.8. The predicted molar refractivity (Wildman–Crippen MR) is 87.1 cm³/mol. The van der Waals surface area contributed by atoms with Gasteiger partial charge >= 0.3 is 12.3 Å². The van der Waals surface area contributed by atoms with E-state index in [1.807, 2.05) is 0 Å². The third-order valence-electron chi connectivity index (χ3n) is 4.32. The fourth-order valence-electron chi connectivity index (χ4n) is 3.17. The summed E-state index contributed by atoms with van der Waals surface area (Å²) in [6, 6.07) is 0.543. The number of ether oxygens (including phenoxy) is 1. The maximum absolute atomic E-state index is 12.9. The molecule has 1 saturated heterocycles. The van der Waals surface area contributed by atoms with E-state index in [4.69, 9.17) is 4.74 Å². The molecule has 26 heavy (non-hydrogen) atoms. The number of carbonyl (C=O) groups excluding carboxylic acids is 2. The zero-order chi connectivity index (χ0) is 19.3. The van der Waals surface area contributed by atoms with Gasteiger partial charge in [0.15, 0.2) is 5.78 Å². The molecule has 1 atom stereocenters. The second-order valence-corrected chi connectivity index (χ2v) is 7.49. The van der Waals surface area contributed by atoms with E-state index < -0.39 is 29.2 Å². The average molecular weight is 371 g/mol. The number of ketones is 1. The number of fused-ring (bicyclic) bond motifs is 3. The number of hydrogen-bond acceptors (Lipinski definition) is 5. The largest absolute Gasteiger partial charge is 0.444 e. The first-order valence-electron chi connectivity index (χ1n) is 8.31. The van der Waals surface area contributed by atoms with Gasteiger partial charge in [0.1, 0.15) is 11.4 Å². The molecular weight excluding hydrogens is 351 g/mol. The number of anilines is 1. The third kappa shape index (κ3) is 3.61. The second-order valence-electron chi connectivity index (χ2n) is 7.49. The van der Waals surface area contributed by atoms with Crippen LogP contribution in [-0.2, 0) is 10.9 Å². The lowest BCUT2D eigenvalue weighted by atomic mass is 9.94. The average Bonchev–Trinajstić information content (AvgIpc) is 2.51. The molecule has 0 spiro atoms. The number of rotatable bonds is 0. The first-order chi connectivity index (χ1) is 12.0. The minimum absolute atomic E-state index is 0.0122. The Morgan fingerprint density at radius 3 is 2.58 bits per heavy atom. The summed E-state index contributed by atoms with van der Waals surface area (Å²) in [6.07, 6.45) is -4.23. The van der Waals surface area contributed by atoms with Gasteiger partial charge in [-0.25, -0.2) is 9.78 Å². The van der Waals surface area contributed by atoms with E-state index in [9.17, 15) is 22.8 Å². The van der Waals surface area contributed by atoms with Crippen LogP contribution in [0.1, 0.15) is 43.1 Å². The van der Waals surface area contributed by atoms with Crippen molar-refractivity contribution in [3.05, 3.63) is 23.4 Å². The first-order valence-corrected chi connectivity index (χ1v) is 8.31. The summed E-state index contributed by atoms with van der Waals surface area (Å²) >= 11 is 0. The van der Waals surface area contributed by atoms with Gasteiger partial charge < -0.3 is 14.5 Å². The van der Waals surface area contributed by atoms with E-state index in [2.05, 4.69) is 4.98 Å². The molecule has 3 heterocycles. The van der Waals surface area contributed by atoms with Crippen molar-refractivity contribution >= 4 is 17.7 Å². The number of Topliss-reactive ketones (excluding diaryl/α,β-unsaturated/α-hetero) is 1. The van der Waals surface area contributed by atoms with Gasteiger partial charge in [-0.05, 0) is 26.8 Å². The molecule has 0 aliphatic carbocycles. The molecule has 1 unspecified atom stereocenters. The van der Waals surface area contributed by atoms with E-state index in [-0.39, 0.29) is 30.4 Å². The van der Waals surface area contributed by atoms with Crippen LogP contribution in [0.2, 0.25) is 0 Å². The Labute approximate surface area is 148 Å². The fraction of sp³-hybridized carbons (Fsp3) is 0.588. The summed E-state index contributed by atoms with van der Waals surface area (Å²) in [6.45, 7) is 6.30. The van der Waals surface area contributed by atoms with E-state index in [0.29, 0.717) is 13.1 Å². The molecule has 1 aromatic heterocycles. The number of alkyl halides is 3. The maximum atomic E-state index is 12.9. The van der Waals surface area contributed by atoms with Crippen molar-refractivity contribution in [1.82, 2.24) is 9.88 Å². The van der Waals surface area contributed by atoms with E-state index >= 15 is 0 Å². The molecule has 3 rings (SSSR count). The van der Waals surface area contributed by atoms with Gasteiger partial charge in [0.05, 0.1) is 17.2 Å². The third-order valence-corrected chi connectivity index (χ3v) is 4.32. The Morgan fingerprint density at radius 2 is 1.96 bits per heavy atom. The highest BCUT2D eigenvalue weighted by molar-refractivity contribution is 6.03. The lowest BCUT2D eigenvalue weighted by Crippen LogP contribution is -2.58. The van der Waals surface area contributed by atoms with Gasteiger partial charge in [0.2, 0.25) is 0 Å². The van der Waals surface area contributed by atoms with Crippen molar-refractivity contribution in [2.45, 2.75) is 45.0 Å². The normalized spacial score (nSPS) is 20.5. The van der Waals surface area contributed by atoms with Crippen molar-refractivity contribution in [3.63, 3.8) is 0 Å². The molecule has 2 aliphatic rings. The van der Waals surface area contributed by atoms with Gasteiger partial charge in [0, 0.05) is 32.3 Å². The number of halogens is 3. The maximum Gasteiger partial charge on any atom is 0.417 e. The van der Waals surface area contributed by atoms with Crippen molar-refractivity contribution < 1.29 is 27.5 Å². The number of pyridine rings is 1. The van der Waals surface area contributed by atoms with Gasteiger partial charge in [-0.3, -0.25) is 4.79 Å². The quantitative estimate of drug-likeness (QED) is 0.701. The highest BCUT2D eigenvalue weighted by Crippen LogP contribution is 2.36. The second kappa shape index (κ2) is 6.14. The van der Waals surface area contributed by atoms with Crippen LogP contribution in [0, 0.1) is 0 Å². The van der Waals surface area contributed by atoms with E-state index in [0.717, 1.165) is 12.3 Å². The SMILES string of the molecule is CC(C)(C)OC(=O)N1CCN2c3ncc(C(F)(F)F)cc3C(=O)CC2C1. The highest BCUT2D eigenvalue weighted by atomic mass is 19.4. The topological polar surface area (TPSA) is 62.7 Å². The van der Waals surface area contributed by atoms with Gasteiger partial charge in [-0.15, -0.1) is 0 Å². The molecule has 2 aliphatic heterocycles. The smallest absolute Gasteiger partial charge is 0.417 e. The lowest BCUT2D eigenvalue weighted by molar-refractivity contribution is -0.137.